The molecule has 2 rings (SSSR count). The molecule has 1 aromatic rings. The average molecular weight is 465 g/mol. The predicted octanol–water partition coefficient (Wildman–Crippen LogP) is 3.90. The maximum atomic E-state index is 12.9. The Kier molecular flexibility index (Phi) is 6.50. The normalized spacial score (nSPS) is 16.2. The van der Waals surface area contributed by atoms with Gasteiger partial charge in [-0.2, -0.15) is 0 Å². The van der Waals surface area contributed by atoms with Crippen LogP contribution in [0.4, 0.5) is 0 Å². The van der Waals surface area contributed by atoms with Gasteiger partial charge in [-0.3, -0.25) is 4.79 Å². The van der Waals surface area contributed by atoms with Crippen LogP contribution in [0.15, 0.2) is 22.7 Å². The first-order valence-electron chi connectivity index (χ1n) is 7.45. The Balaban J connectivity index is 2.16. The molecule has 0 spiro atoms. The highest BCUT2D eigenvalue weighted by molar-refractivity contribution is 14.1. The molecule has 1 N–H and O–H groups in total. The number of rotatable bonds is 4. The van der Waals surface area contributed by atoms with Crippen LogP contribution in [-0.2, 0) is 0 Å². The van der Waals surface area contributed by atoms with Crippen LogP contribution >= 0.6 is 38.5 Å². The van der Waals surface area contributed by atoms with E-state index in [0.717, 1.165) is 46.1 Å². The standard InChI is InChI=1S/C16H22BrIN2O/c1-11(2)20(10-12-5-7-19-8-6-12)16(21)14-9-13(17)3-4-15(14)18/h3-4,9,11-12,19H,5-8,10H2,1-2H3. The SMILES string of the molecule is CC(C)N(CC1CCNCC1)C(=O)c1cc(Br)ccc1I. The predicted molar refractivity (Wildman–Crippen MR) is 98.6 cm³/mol. The van der Waals surface area contributed by atoms with Crippen molar-refractivity contribution >= 4 is 44.4 Å². The summed E-state index contributed by atoms with van der Waals surface area (Å²) < 4.78 is 1.97. The first-order chi connectivity index (χ1) is 9.99. The van der Waals surface area contributed by atoms with Crippen molar-refractivity contribution in [2.24, 2.45) is 5.92 Å². The second kappa shape index (κ2) is 7.92. The lowest BCUT2D eigenvalue weighted by molar-refractivity contribution is 0.0657. The number of halogens is 2. The Morgan fingerprint density at radius 3 is 2.71 bits per heavy atom. The molecule has 0 atom stereocenters. The summed E-state index contributed by atoms with van der Waals surface area (Å²) >= 11 is 5.71. The van der Waals surface area contributed by atoms with Crippen molar-refractivity contribution in [1.82, 2.24) is 10.2 Å². The molecule has 5 heteroatoms. The zero-order valence-electron chi connectivity index (χ0n) is 12.5. The lowest BCUT2D eigenvalue weighted by atomic mass is 9.96. The van der Waals surface area contributed by atoms with Gasteiger partial charge >= 0.3 is 0 Å². The van der Waals surface area contributed by atoms with E-state index in [2.05, 4.69) is 57.7 Å². The molecule has 1 heterocycles. The maximum Gasteiger partial charge on any atom is 0.255 e. The summed E-state index contributed by atoms with van der Waals surface area (Å²) in [6, 6.07) is 6.12. The van der Waals surface area contributed by atoms with Crippen LogP contribution in [0.2, 0.25) is 0 Å². The summed E-state index contributed by atoms with van der Waals surface area (Å²) in [4.78, 5) is 14.9. The van der Waals surface area contributed by atoms with Crippen LogP contribution in [0.25, 0.3) is 0 Å². The molecule has 1 aliphatic rings. The maximum absolute atomic E-state index is 12.9. The number of nitrogens with zero attached hydrogens (tertiary/aromatic N) is 1. The summed E-state index contributed by atoms with van der Waals surface area (Å²) in [6.07, 6.45) is 2.32. The highest BCUT2D eigenvalue weighted by Gasteiger charge is 2.25. The molecule has 116 valence electrons. The van der Waals surface area contributed by atoms with Crippen LogP contribution in [0.1, 0.15) is 37.0 Å². The van der Waals surface area contributed by atoms with Gasteiger partial charge in [0.25, 0.3) is 5.91 Å². The van der Waals surface area contributed by atoms with Gasteiger partial charge in [0.2, 0.25) is 0 Å². The van der Waals surface area contributed by atoms with Gasteiger partial charge in [-0.05, 0) is 86.5 Å². The Labute approximate surface area is 149 Å². The fourth-order valence-corrected chi connectivity index (χ4v) is 3.61. The summed E-state index contributed by atoms with van der Waals surface area (Å²) in [6.45, 7) is 7.20. The third-order valence-corrected chi connectivity index (χ3v) is 5.39. The van der Waals surface area contributed by atoms with Crippen LogP contribution in [0.3, 0.4) is 0 Å². The van der Waals surface area contributed by atoms with Crippen LogP contribution in [0.5, 0.6) is 0 Å². The van der Waals surface area contributed by atoms with Gasteiger partial charge in [0.1, 0.15) is 0 Å². The lowest BCUT2D eigenvalue weighted by Gasteiger charge is -2.33. The minimum Gasteiger partial charge on any atom is -0.336 e. The zero-order chi connectivity index (χ0) is 15.4. The van der Waals surface area contributed by atoms with E-state index >= 15 is 0 Å². The smallest absolute Gasteiger partial charge is 0.255 e. The molecule has 1 fully saturated rings. The molecule has 21 heavy (non-hydrogen) atoms. The van der Waals surface area contributed by atoms with E-state index in [9.17, 15) is 4.79 Å². The quantitative estimate of drug-likeness (QED) is 0.685. The second-order valence-electron chi connectivity index (χ2n) is 5.87. The summed E-state index contributed by atoms with van der Waals surface area (Å²) in [5, 5.41) is 3.38. The number of hydrogen-bond donors (Lipinski definition) is 1. The molecule has 0 saturated carbocycles. The van der Waals surface area contributed by atoms with Gasteiger partial charge in [-0.15, -0.1) is 0 Å². The molecule has 0 unspecified atom stereocenters. The van der Waals surface area contributed by atoms with Gasteiger partial charge < -0.3 is 10.2 Å². The molecule has 1 amide bonds. The van der Waals surface area contributed by atoms with Crippen LogP contribution < -0.4 is 5.32 Å². The number of amides is 1. The molecule has 3 nitrogen and oxygen atoms in total. The van der Waals surface area contributed by atoms with Crippen molar-refractivity contribution in [3.05, 3.63) is 31.8 Å². The number of carbonyl (C=O) groups excluding carboxylic acids is 1. The van der Waals surface area contributed by atoms with Crippen molar-refractivity contribution in [3.63, 3.8) is 0 Å². The highest BCUT2D eigenvalue weighted by Crippen LogP contribution is 2.23. The van der Waals surface area contributed by atoms with E-state index in [1.54, 1.807) is 0 Å². The van der Waals surface area contributed by atoms with E-state index in [-0.39, 0.29) is 11.9 Å². The third kappa shape index (κ3) is 4.66. The molecular formula is C16H22BrIN2O. The minimum atomic E-state index is 0.147. The van der Waals surface area contributed by atoms with Crippen molar-refractivity contribution in [2.75, 3.05) is 19.6 Å². The van der Waals surface area contributed by atoms with Crippen molar-refractivity contribution in [2.45, 2.75) is 32.7 Å². The molecule has 0 bridgehead atoms. The van der Waals surface area contributed by atoms with Gasteiger partial charge in [0.15, 0.2) is 0 Å². The summed E-state index contributed by atoms with van der Waals surface area (Å²) in [5.74, 6) is 0.761. The number of piperidine rings is 1. The summed E-state index contributed by atoms with van der Waals surface area (Å²) in [7, 11) is 0. The Morgan fingerprint density at radius 1 is 1.43 bits per heavy atom. The topological polar surface area (TPSA) is 32.3 Å². The van der Waals surface area contributed by atoms with Gasteiger partial charge in [-0.25, -0.2) is 0 Å². The molecule has 0 radical (unpaired) electrons. The largest absolute Gasteiger partial charge is 0.336 e. The monoisotopic (exact) mass is 464 g/mol. The Hall–Kier alpha value is -0.140. The molecule has 0 aromatic heterocycles. The van der Waals surface area contributed by atoms with Gasteiger partial charge in [0, 0.05) is 20.6 Å². The number of nitrogens with one attached hydrogen (secondary N) is 1. The fraction of sp³-hybridized carbons (Fsp3) is 0.562. The zero-order valence-corrected chi connectivity index (χ0v) is 16.3. The fourth-order valence-electron chi connectivity index (χ4n) is 2.69. The van der Waals surface area contributed by atoms with E-state index < -0.39 is 0 Å². The Bertz CT molecular complexity index is 501. The van der Waals surface area contributed by atoms with Crippen LogP contribution in [-0.4, -0.2) is 36.5 Å². The third-order valence-electron chi connectivity index (χ3n) is 3.96. The first kappa shape index (κ1) is 17.2. The number of carbonyl (C=O) groups is 1. The van der Waals surface area contributed by atoms with Gasteiger partial charge in [-0.1, -0.05) is 15.9 Å². The van der Waals surface area contributed by atoms with E-state index in [1.165, 1.54) is 0 Å². The first-order valence-corrected chi connectivity index (χ1v) is 9.33. The van der Waals surface area contributed by atoms with Crippen molar-refractivity contribution in [1.29, 1.82) is 0 Å². The number of hydrogen-bond acceptors (Lipinski definition) is 2. The second-order valence-corrected chi connectivity index (χ2v) is 7.95. The molecule has 1 saturated heterocycles. The Morgan fingerprint density at radius 2 is 2.10 bits per heavy atom. The molecule has 1 aliphatic heterocycles. The van der Waals surface area contributed by atoms with E-state index in [4.69, 9.17) is 0 Å². The average Bonchev–Trinajstić information content (AvgIpc) is 2.47. The summed E-state index contributed by atoms with van der Waals surface area (Å²) in [5.41, 5.74) is 0.799. The molecule has 1 aromatic carbocycles. The van der Waals surface area contributed by atoms with Crippen molar-refractivity contribution < 1.29 is 4.79 Å². The molecule has 0 aliphatic carbocycles. The highest BCUT2D eigenvalue weighted by atomic mass is 127. The minimum absolute atomic E-state index is 0.147. The molecular weight excluding hydrogens is 443 g/mol. The van der Waals surface area contributed by atoms with Crippen molar-refractivity contribution in [3.8, 4) is 0 Å². The number of benzene rings is 1. The van der Waals surface area contributed by atoms with E-state index in [1.807, 2.05) is 23.1 Å². The van der Waals surface area contributed by atoms with Crippen LogP contribution in [0, 0.1) is 9.49 Å². The lowest BCUT2D eigenvalue weighted by Crippen LogP contribution is -2.43. The van der Waals surface area contributed by atoms with Gasteiger partial charge in [0.05, 0.1) is 5.56 Å². The van der Waals surface area contributed by atoms with E-state index in [0.29, 0.717) is 5.92 Å².